The predicted molar refractivity (Wildman–Crippen MR) is 160 cm³/mol. The molecule has 2 aliphatic rings. The summed E-state index contributed by atoms with van der Waals surface area (Å²) in [6.07, 6.45) is -11.2. The van der Waals surface area contributed by atoms with Crippen LogP contribution in [0.4, 0.5) is 18.9 Å². The number of anilines is 1. The molecule has 5 unspecified atom stereocenters. The molecule has 4 rings (SSSR count). The van der Waals surface area contributed by atoms with E-state index in [9.17, 15) is 43.2 Å². The molecule has 7 N–H and O–H groups in total. The number of aliphatic hydroxyl groups is 3. The standard InChI is InChI=1S/C31H40F3N3O10/c1-17(36-8-12-44-21-5-2-3-6-22(21)46-16-31(32,33)34)13-18-14-19-7-10-37(23(19)20(15-18)28(35)41)9-4-11-45-30-26(40)24(38)25(39)27(47-30)29(42)43/h2-3,5-6,14-15,17,24-27,30,36,38-40H,4,7-13,16H2,1H3,(H2,35,41)(H,42,43)/t17-,24?,25?,26?,27?,30?/m0/s1. The van der Waals surface area contributed by atoms with Gasteiger partial charge in [-0.25, -0.2) is 4.79 Å². The fraction of sp³-hybridized carbons (Fsp3) is 0.548. The van der Waals surface area contributed by atoms with Gasteiger partial charge in [-0.2, -0.15) is 13.2 Å². The lowest BCUT2D eigenvalue weighted by atomic mass is 9.98. The summed E-state index contributed by atoms with van der Waals surface area (Å²) in [5.41, 5.74) is 8.70. The van der Waals surface area contributed by atoms with Crippen LogP contribution in [0.5, 0.6) is 11.5 Å². The molecule has 0 radical (unpaired) electrons. The number of alkyl halides is 3. The fourth-order valence-electron chi connectivity index (χ4n) is 5.61. The van der Waals surface area contributed by atoms with Gasteiger partial charge in [-0.3, -0.25) is 4.79 Å². The Bertz CT molecular complexity index is 1380. The van der Waals surface area contributed by atoms with Crippen molar-refractivity contribution in [3.8, 4) is 11.5 Å². The van der Waals surface area contributed by atoms with Gasteiger partial charge in [0.1, 0.15) is 24.9 Å². The molecular formula is C31H40F3N3O10. The van der Waals surface area contributed by atoms with Crippen LogP contribution in [-0.2, 0) is 27.1 Å². The number of hydrogen-bond donors (Lipinski definition) is 6. The van der Waals surface area contributed by atoms with Gasteiger partial charge in [-0.05, 0) is 55.5 Å². The number of nitrogens with zero attached hydrogens (tertiary/aromatic N) is 1. The van der Waals surface area contributed by atoms with E-state index in [0.717, 1.165) is 16.8 Å². The molecule has 1 amide bonds. The minimum Gasteiger partial charge on any atom is -0.488 e. The quantitative estimate of drug-likeness (QED) is 0.139. The van der Waals surface area contributed by atoms with Gasteiger partial charge < -0.3 is 55.3 Å². The Morgan fingerprint density at radius 2 is 1.79 bits per heavy atom. The molecule has 0 spiro atoms. The molecule has 47 heavy (non-hydrogen) atoms. The smallest absolute Gasteiger partial charge is 0.422 e. The number of benzene rings is 2. The minimum atomic E-state index is -4.46. The van der Waals surface area contributed by atoms with E-state index in [2.05, 4.69) is 5.32 Å². The highest BCUT2D eigenvalue weighted by Crippen LogP contribution is 2.34. The molecule has 2 aromatic carbocycles. The van der Waals surface area contributed by atoms with Crippen molar-refractivity contribution in [3.05, 3.63) is 53.1 Å². The molecule has 13 nitrogen and oxygen atoms in total. The number of carbonyl (C=O) groups is 2. The second kappa shape index (κ2) is 16.0. The number of nitrogens with two attached hydrogens (primary N) is 1. The summed E-state index contributed by atoms with van der Waals surface area (Å²) in [5.74, 6) is -1.88. The summed E-state index contributed by atoms with van der Waals surface area (Å²) < 4.78 is 58.7. The Kier molecular flexibility index (Phi) is 12.3. The first-order chi connectivity index (χ1) is 22.2. The number of halogens is 3. The van der Waals surface area contributed by atoms with Crippen molar-refractivity contribution < 1.29 is 62.1 Å². The average molecular weight is 672 g/mol. The van der Waals surface area contributed by atoms with E-state index in [-0.39, 0.29) is 30.8 Å². The van der Waals surface area contributed by atoms with Gasteiger partial charge >= 0.3 is 12.1 Å². The van der Waals surface area contributed by atoms with Crippen LogP contribution >= 0.6 is 0 Å². The molecule has 1 saturated heterocycles. The molecule has 0 aromatic heterocycles. The Balaban J connectivity index is 1.27. The number of amides is 1. The van der Waals surface area contributed by atoms with Crippen molar-refractivity contribution in [2.24, 2.45) is 5.73 Å². The van der Waals surface area contributed by atoms with Crippen LogP contribution in [0.1, 0.15) is 34.8 Å². The lowest BCUT2D eigenvalue weighted by Crippen LogP contribution is -2.60. The maximum atomic E-state index is 12.5. The number of carbonyl (C=O) groups excluding carboxylic acids is 1. The Morgan fingerprint density at radius 3 is 2.45 bits per heavy atom. The molecule has 6 atom stereocenters. The maximum Gasteiger partial charge on any atom is 0.422 e. The zero-order chi connectivity index (χ0) is 34.3. The van der Waals surface area contributed by atoms with Gasteiger partial charge in [0.25, 0.3) is 5.91 Å². The first-order valence-electron chi connectivity index (χ1n) is 15.1. The summed E-state index contributed by atoms with van der Waals surface area (Å²) in [4.78, 5) is 25.8. The van der Waals surface area contributed by atoms with E-state index >= 15 is 0 Å². The summed E-state index contributed by atoms with van der Waals surface area (Å²) in [6, 6.07) is 9.87. The molecule has 2 aliphatic heterocycles. The molecule has 0 bridgehead atoms. The normalized spacial score (nSPS) is 23.3. The maximum absolute atomic E-state index is 12.5. The SMILES string of the molecule is C[C@@H](Cc1cc2c(c(C(N)=O)c1)N(CCCOC1OC(C(=O)O)C(O)C(O)C1O)CC2)NCCOc1ccccc1OCC(F)(F)F. The Morgan fingerprint density at radius 1 is 1.09 bits per heavy atom. The highest BCUT2D eigenvalue weighted by Gasteiger charge is 2.47. The van der Waals surface area contributed by atoms with Crippen LogP contribution in [0, 0.1) is 0 Å². The van der Waals surface area contributed by atoms with Crippen LogP contribution in [0.3, 0.4) is 0 Å². The van der Waals surface area contributed by atoms with Gasteiger partial charge in [0.15, 0.2) is 30.5 Å². The Hall–Kier alpha value is -3.67. The number of ether oxygens (including phenoxy) is 4. The highest BCUT2D eigenvalue weighted by atomic mass is 19.4. The second-order valence-electron chi connectivity index (χ2n) is 11.5. The van der Waals surface area contributed by atoms with E-state index in [1.54, 1.807) is 18.2 Å². The van der Waals surface area contributed by atoms with Gasteiger partial charge in [0.05, 0.1) is 17.9 Å². The lowest BCUT2D eigenvalue weighted by Gasteiger charge is -2.38. The number of carboxylic acid groups (broad SMARTS) is 1. The monoisotopic (exact) mass is 671 g/mol. The predicted octanol–water partition coefficient (Wildman–Crippen LogP) is 0.988. The van der Waals surface area contributed by atoms with Crippen molar-refractivity contribution in [2.75, 3.05) is 44.4 Å². The molecule has 2 heterocycles. The summed E-state index contributed by atoms with van der Waals surface area (Å²) >= 11 is 0. The largest absolute Gasteiger partial charge is 0.488 e. The third-order valence-electron chi connectivity index (χ3n) is 7.78. The van der Waals surface area contributed by atoms with Gasteiger partial charge in [0.2, 0.25) is 0 Å². The zero-order valence-electron chi connectivity index (χ0n) is 25.7. The zero-order valence-corrected chi connectivity index (χ0v) is 25.7. The topological polar surface area (TPSA) is 193 Å². The number of fused-ring (bicyclic) bond motifs is 1. The molecule has 2 aromatic rings. The molecule has 260 valence electrons. The van der Waals surface area contributed by atoms with Gasteiger partial charge in [-0.1, -0.05) is 18.2 Å². The number of carboxylic acids is 1. The van der Waals surface area contributed by atoms with E-state index in [0.29, 0.717) is 44.5 Å². The minimum absolute atomic E-state index is 0.00283. The van der Waals surface area contributed by atoms with Crippen molar-refractivity contribution in [1.82, 2.24) is 5.32 Å². The summed E-state index contributed by atoms with van der Waals surface area (Å²) in [6.45, 7) is 2.22. The van der Waals surface area contributed by atoms with Crippen molar-refractivity contribution in [1.29, 1.82) is 0 Å². The highest BCUT2D eigenvalue weighted by molar-refractivity contribution is 6.00. The second-order valence-corrected chi connectivity index (χ2v) is 11.5. The van der Waals surface area contributed by atoms with E-state index < -0.39 is 55.4 Å². The molecule has 16 heteroatoms. The third kappa shape index (κ3) is 9.68. The first-order valence-corrected chi connectivity index (χ1v) is 15.1. The molecular weight excluding hydrogens is 631 g/mol. The molecule has 0 aliphatic carbocycles. The average Bonchev–Trinajstić information content (AvgIpc) is 3.42. The van der Waals surface area contributed by atoms with Crippen molar-refractivity contribution >= 4 is 17.6 Å². The van der Waals surface area contributed by atoms with Crippen LogP contribution in [0.15, 0.2) is 36.4 Å². The number of aliphatic hydroxyl groups excluding tert-OH is 3. The van der Waals surface area contributed by atoms with E-state index in [1.807, 2.05) is 17.9 Å². The number of primary amides is 1. The van der Waals surface area contributed by atoms with Crippen LogP contribution in [0.2, 0.25) is 0 Å². The molecule has 1 fully saturated rings. The number of para-hydroxylation sites is 2. The van der Waals surface area contributed by atoms with Gasteiger partial charge in [-0.15, -0.1) is 0 Å². The van der Waals surface area contributed by atoms with Crippen LogP contribution < -0.4 is 25.4 Å². The summed E-state index contributed by atoms with van der Waals surface area (Å²) in [5, 5.41) is 42.4. The van der Waals surface area contributed by atoms with Gasteiger partial charge in [0, 0.05) is 25.7 Å². The lowest BCUT2D eigenvalue weighted by molar-refractivity contribution is -0.294. The third-order valence-corrected chi connectivity index (χ3v) is 7.78. The molecule has 0 saturated carbocycles. The van der Waals surface area contributed by atoms with Crippen LogP contribution in [-0.4, -0.2) is 115 Å². The van der Waals surface area contributed by atoms with E-state index in [4.69, 9.17) is 24.7 Å². The fourth-order valence-corrected chi connectivity index (χ4v) is 5.61. The number of rotatable bonds is 16. The van der Waals surface area contributed by atoms with Crippen molar-refractivity contribution in [2.45, 2.75) is 69.1 Å². The van der Waals surface area contributed by atoms with Crippen LogP contribution in [0.25, 0.3) is 0 Å². The number of aliphatic carboxylic acids is 1. The Labute approximate surface area is 269 Å². The van der Waals surface area contributed by atoms with E-state index in [1.165, 1.54) is 12.1 Å². The van der Waals surface area contributed by atoms with Crippen molar-refractivity contribution in [3.63, 3.8) is 0 Å². The number of nitrogens with one attached hydrogen (secondary N) is 1. The number of hydrogen-bond acceptors (Lipinski definition) is 11. The first kappa shape index (κ1) is 36.2. The summed E-state index contributed by atoms with van der Waals surface area (Å²) in [7, 11) is 0.